The van der Waals surface area contributed by atoms with Gasteiger partial charge in [-0.25, -0.2) is 0 Å². The summed E-state index contributed by atoms with van der Waals surface area (Å²) in [5.74, 6) is 0.640. The van der Waals surface area contributed by atoms with Gasteiger partial charge >= 0.3 is 6.61 Å². The Morgan fingerprint density at radius 1 is 1.36 bits per heavy atom. The van der Waals surface area contributed by atoms with Crippen LogP contribution in [0.4, 0.5) is 8.78 Å². The first-order valence-corrected chi connectivity index (χ1v) is 8.32. The van der Waals surface area contributed by atoms with Crippen molar-refractivity contribution in [3.05, 3.63) is 17.7 Å². The molecule has 2 aliphatic rings. The van der Waals surface area contributed by atoms with E-state index in [1.165, 1.54) is 11.0 Å². The van der Waals surface area contributed by atoms with E-state index in [9.17, 15) is 13.6 Å². The van der Waals surface area contributed by atoms with Gasteiger partial charge in [-0.3, -0.25) is 4.79 Å². The monoisotopic (exact) mass is 356 g/mol. The van der Waals surface area contributed by atoms with E-state index < -0.39 is 6.61 Å². The van der Waals surface area contributed by atoms with Crippen LogP contribution in [-0.2, 0) is 11.3 Å². The summed E-state index contributed by atoms with van der Waals surface area (Å²) in [7, 11) is 1.65. The Labute approximate surface area is 144 Å². The van der Waals surface area contributed by atoms with Crippen LogP contribution in [0.15, 0.2) is 12.1 Å². The van der Waals surface area contributed by atoms with E-state index >= 15 is 0 Å². The molecule has 1 saturated carbocycles. The fourth-order valence-corrected chi connectivity index (χ4v) is 3.39. The van der Waals surface area contributed by atoms with E-state index in [4.69, 9.17) is 15.2 Å². The molecule has 1 aliphatic carbocycles. The van der Waals surface area contributed by atoms with Crippen molar-refractivity contribution in [2.75, 3.05) is 13.8 Å². The number of benzene rings is 1. The van der Waals surface area contributed by atoms with Crippen molar-refractivity contribution in [1.29, 1.82) is 0 Å². The van der Waals surface area contributed by atoms with Gasteiger partial charge in [-0.15, -0.1) is 0 Å². The van der Waals surface area contributed by atoms with Gasteiger partial charge in [-0.05, 0) is 25.3 Å². The Hall–Kier alpha value is -2.09. The smallest absolute Gasteiger partial charge is 0.387 e. The third-order valence-electron chi connectivity index (χ3n) is 4.62. The molecule has 2 atom stereocenters. The summed E-state index contributed by atoms with van der Waals surface area (Å²) in [5.41, 5.74) is 6.40. The predicted molar refractivity (Wildman–Crippen MR) is 85.6 cm³/mol. The highest BCUT2D eigenvalue weighted by atomic mass is 19.3. The zero-order valence-corrected chi connectivity index (χ0v) is 14.0. The maximum atomic E-state index is 12.7. The number of fused-ring (bicyclic) bond motifs is 1. The first kappa shape index (κ1) is 17.7. The summed E-state index contributed by atoms with van der Waals surface area (Å²) in [6.45, 7) is -2.79. The molecule has 0 radical (unpaired) electrons. The summed E-state index contributed by atoms with van der Waals surface area (Å²) in [6.07, 6.45) is 3.32. The summed E-state index contributed by atoms with van der Waals surface area (Å²) in [6, 6.07) is 2.99. The molecule has 8 heteroatoms. The zero-order chi connectivity index (χ0) is 18.0. The van der Waals surface area contributed by atoms with Crippen molar-refractivity contribution in [1.82, 2.24) is 4.90 Å². The number of nitrogens with zero attached hydrogens (tertiary/aromatic N) is 1. The minimum Gasteiger partial charge on any atom is -0.454 e. The fourth-order valence-electron chi connectivity index (χ4n) is 3.39. The molecule has 2 unspecified atom stereocenters. The van der Waals surface area contributed by atoms with Gasteiger partial charge in [0.05, 0.1) is 0 Å². The number of halogens is 2. The van der Waals surface area contributed by atoms with E-state index in [1.54, 1.807) is 13.1 Å². The number of ether oxygens (including phenoxy) is 3. The quantitative estimate of drug-likeness (QED) is 0.877. The second kappa shape index (κ2) is 7.43. The van der Waals surface area contributed by atoms with E-state index in [0.29, 0.717) is 23.5 Å². The number of alkyl halides is 2. The summed E-state index contributed by atoms with van der Waals surface area (Å²) < 4.78 is 40.5. The van der Waals surface area contributed by atoms with Crippen molar-refractivity contribution < 1.29 is 27.8 Å². The van der Waals surface area contributed by atoms with Gasteiger partial charge in [0.15, 0.2) is 11.5 Å². The van der Waals surface area contributed by atoms with Crippen LogP contribution < -0.4 is 19.9 Å². The number of nitrogens with two attached hydrogens (primary N) is 1. The van der Waals surface area contributed by atoms with E-state index in [1.807, 2.05) is 0 Å². The molecular weight excluding hydrogens is 334 g/mol. The summed E-state index contributed by atoms with van der Waals surface area (Å²) >= 11 is 0. The van der Waals surface area contributed by atoms with Gasteiger partial charge in [0.2, 0.25) is 12.7 Å². The molecule has 1 aromatic rings. The number of amides is 1. The lowest BCUT2D eigenvalue weighted by molar-refractivity contribution is -0.136. The molecule has 1 aromatic carbocycles. The maximum absolute atomic E-state index is 12.7. The molecule has 25 heavy (non-hydrogen) atoms. The van der Waals surface area contributed by atoms with Crippen molar-refractivity contribution in [2.24, 2.45) is 11.7 Å². The first-order chi connectivity index (χ1) is 11.9. The molecule has 1 amide bonds. The number of rotatable bonds is 5. The Morgan fingerprint density at radius 2 is 2.08 bits per heavy atom. The van der Waals surface area contributed by atoms with Gasteiger partial charge < -0.3 is 24.8 Å². The summed E-state index contributed by atoms with van der Waals surface area (Å²) in [4.78, 5) is 14.2. The molecule has 2 N–H and O–H groups in total. The Balaban J connectivity index is 1.75. The molecule has 1 aliphatic heterocycles. The molecule has 1 fully saturated rings. The van der Waals surface area contributed by atoms with Crippen molar-refractivity contribution in [3.8, 4) is 17.2 Å². The number of hydrogen-bond donors (Lipinski definition) is 1. The van der Waals surface area contributed by atoms with Gasteiger partial charge in [0.25, 0.3) is 0 Å². The molecule has 138 valence electrons. The average molecular weight is 356 g/mol. The van der Waals surface area contributed by atoms with Crippen LogP contribution in [0.25, 0.3) is 0 Å². The van der Waals surface area contributed by atoms with E-state index in [0.717, 1.165) is 19.3 Å². The maximum Gasteiger partial charge on any atom is 0.387 e. The first-order valence-electron chi connectivity index (χ1n) is 8.32. The molecular formula is C17H22F2N2O4. The zero-order valence-electron chi connectivity index (χ0n) is 14.0. The molecule has 0 spiro atoms. The normalized spacial score (nSPS) is 22.1. The molecule has 3 rings (SSSR count). The van der Waals surface area contributed by atoms with Gasteiger partial charge in [-0.1, -0.05) is 6.42 Å². The van der Waals surface area contributed by atoms with Crippen molar-refractivity contribution in [3.63, 3.8) is 0 Å². The Morgan fingerprint density at radius 3 is 2.76 bits per heavy atom. The third kappa shape index (κ3) is 4.12. The largest absolute Gasteiger partial charge is 0.454 e. The van der Waals surface area contributed by atoms with Gasteiger partial charge in [0, 0.05) is 37.2 Å². The third-order valence-corrected chi connectivity index (χ3v) is 4.62. The van der Waals surface area contributed by atoms with Gasteiger partial charge in [-0.2, -0.15) is 8.78 Å². The lowest BCUT2D eigenvalue weighted by Gasteiger charge is -2.29. The Kier molecular flexibility index (Phi) is 5.27. The minimum atomic E-state index is -2.96. The van der Waals surface area contributed by atoms with Crippen LogP contribution in [0.5, 0.6) is 17.2 Å². The Bertz CT molecular complexity index is 641. The second-order valence-electron chi connectivity index (χ2n) is 6.51. The van der Waals surface area contributed by atoms with Crippen LogP contribution >= 0.6 is 0 Å². The number of carbonyl (C=O) groups excluding carboxylic acids is 1. The number of carbonyl (C=O) groups is 1. The molecule has 0 aromatic heterocycles. The highest BCUT2D eigenvalue weighted by molar-refractivity contribution is 5.78. The summed E-state index contributed by atoms with van der Waals surface area (Å²) in [5, 5.41) is 0. The molecule has 6 nitrogen and oxygen atoms in total. The van der Waals surface area contributed by atoms with Crippen LogP contribution in [0.2, 0.25) is 0 Å². The molecule has 1 heterocycles. The van der Waals surface area contributed by atoms with Crippen LogP contribution in [0.1, 0.15) is 31.2 Å². The fraction of sp³-hybridized carbons (Fsp3) is 0.588. The van der Waals surface area contributed by atoms with E-state index in [2.05, 4.69) is 4.74 Å². The second-order valence-corrected chi connectivity index (χ2v) is 6.51. The van der Waals surface area contributed by atoms with Crippen LogP contribution in [0.3, 0.4) is 0 Å². The topological polar surface area (TPSA) is 74.0 Å². The average Bonchev–Trinajstić information content (AvgIpc) is 3.01. The SMILES string of the molecule is CN(Cc1cc2c(cc1OC(F)F)OCO2)C(=O)C1CCCC(N)C1. The lowest BCUT2D eigenvalue weighted by Crippen LogP contribution is -2.38. The van der Waals surface area contributed by atoms with Gasteiger partial charge in [0.1, 0.15) is 5.75 Å². The minimum absolute atomic E-state index is 0.0146. The van der Waals surface area contributed by atoms with Crippen LogP contribution in [-0.4, -0.2) is 37.3 Å². The van der Waals surface area contributed by atoms with Crippen LogP contribution in [0, 0.1) is 5.92 Å². The van der Waals surface area contributed by atoms with Crippen molar-refractivity contribution in [2.45, 2.75) is 44.9 Å². The number of hydrogen-bond acceptors (Lipinski definition) is 5. The predicted octanol–water partition coefficient (Wildman–Crippen LogP) is 2.49. The lowest BCUT2D eigenvalue weighted by atomic mass is 9.85. The standard InChI is InChI=1S/C17H22F2N2O4/c1-21(16(22)10-3-2-4-12(20)5-10)8-11-6-14-15(24-9-23-14)7-13(11)25-17(18)19/h6-7,10,12,17H,2-5,8-9,20H2,1H3. The highest BCUT2D eigenvalue weighted by Crippen LogP contribution is 2.39. The molecule has 0 bridgehead atoms. The van der Waals surface area contributed by atoms with Crippen molar-refractivity contribution >= 4 is 5.91 Å². The highest BCUT2D eigenvalue weighted by Gasteiger charge is 2.29. The molecule has 0 saturated heterocycles. The van der Waals surface area contributed by atoms with E-state index in [-0.39, 0.29) is 37.0 Å².